The first-order valence-corrected chi connectivity index (χ1v) is 11.9. The largest absolute Gasteiger partial charge is 0.440 e. The van der Waals surface area contributed by atoms with Crippen molar-refractivity contribution < 1.29 is 9.21 Å². The van der Waals surface area contributed by atoms with Gasteiger partial charge in [-0.15, -0.1) is 0 Å². The molecule has 5 heteroatoms. The van der Waals surface area contributed by atoms with Gasteiger partial charge < -0.3 is 15.1 Å². The number of amides is 1. The summed E-state index contributed by atoms with van der Waals surface area (Å²) in [6.07, 6.45) is 7.10. The maximum absolute atomic E-state index is 13.2. The summed E-state index contributed by atoms with van der Waals surface area (Å²) in [7, 11) is 0. The van der Waals surface area contributed by atoms with Gasteiger partial charge in [0, 0.05) is 6.54 Å². The van der Waals surface area contributed by atoms with Gasteiger partial charge in [0.05, 0.1) is 12.0 Å². The van der Waals surface area contributed by atoms with Crippen LogP contribution in [0, 0.1) is 23.7 Å². The molecule has 1 aromatic carbocycles. The van der Waals surface area contributed by atoms with Crippen LogP contribution in [0.2, 0.25) is 0 Å². The molecule has 2 N–H and O–H groups in total. The Morgan fingerprint density at radius 2 is 2.00 bits per heavy atom. The molecule has 164 valence electrons. The van der Waals surface area contributed by atoms with Gasteiger partial charge in [0.1, 0.15) is 5.52 Å². The van der Waals surface area contributed by atoms with Crippen molar-refractivity contribution in [1.82, 2.24) is 15.6 Å². The highest BCUT2D eigenvalue weighted by atomic mass is 16.3. The van der Waals surface area contributed by atoms with E-state index >= 15 is 0 Å². The third-order valence-corrected chi connectivity index (χ3v) is 7.66. The van der Waals surface area contributed by atoms with E-state index in [4.69, 9.17) is 9.40 Å². The smallest absolute Gasteiger partial charge is 0.237 e. The molecule has 0 spiro atoms. The van der Waals surface area contributed by atoms with Gasteiger partial charge in [-0.3, -0.25) is 4.79 Å². The van der Waals surface area contributed by atoms with E-state index in [1.54, 1.807) is 0 Å². The number of hydrogen-bond acceptors (Lipinski definition) is 4. The predicted molar refractivity (Wildman–Crippen MR) is 120 cm³/mol. The lowest BCUT2D eigenvalue weighted by molar-refractivity contribution is -0.124. The number of nitrogens with one attached hydrogen (secondary N) is 2. The van der Waals surface area contributed by atoms with Crippen LogP contribution < -0.4 is 10.6 Å². The molecule has 1 aromatic heterocycles. The normalized spacial score (nSPS) is 32.2. The molecule has 30 heavy (non-hydrogen) atoms. The number of aromatic nitrogens is 1. The van der Waals surface area contributed by atoms with Crippen LogP contribution in [0.25, 0.3) is 11.1 Å². The second-order valence-electron chi connectivity index (χ2n) is 9.65. The minimum absolute atomic E-state index is 0.0244. The van der Waals surface area contributed by atoms with Crippen LogP contribution in [-0.2, 0) is 4.79 Å². The number of benzene rings is 1. The molecule has 1 saturated carbocycles. The van der Waals surface area contributed by atoms with Crippen LogP contribution in [0.5, 0.6) is 0 Å². The zero-order valence-corrected chi connectivity index (χ0v) is 18.7. The van der Waals surface area contributed by atoms with E-state index in [-0.39, 0.29) is 17.9 Å². The van der Waals surface area contributed by atoms with Gasteiger partial charge in [-0.25, -0.2) is 4.98 Å². The Balaban J connectivity index is 1.43. The number of oxazole rings is 1. The van der Waals surface area contributed by atoms with E-state index in [0.29, 0.717) is 11.8 Å². The molecule has 2 fully saturated rings. The zero-order valence-electron chi connectivity index (χ0n) is 18.7. The van der Waals surface area contributed by atoms with Crippen LogP contribution in [0.3, 0.4) is 0 Å². The first kappa shape index (κ1) is 21.4. The van der Waals surface area contributed by atoms with Crippen molar-refractivity contribution in [2.45, 2.75) is 71.3 Å². The molecule has 0 radical (unpaired) electrons. The van der Waals surface area contributed by atoms with E-state index < -0.39 is 0 Å². The second-order valence-corrected chi connectivity index (χ2v) is 9.65. The molecule has 5 nitrogen and oxygen atoms in total. The lowest BCUT2D eigenvalue weighted by Crippen LogP contribution is -2.53. The van der Waals surface area contributed by atoms with Crippen LogP contribution in [0.15, 0.2) is 28.7 Å². The second kappa shape index (κ2) is 9.51. The summed E-state index contributed by atoms with van der Waals surface area (Å²) in [6, 6.07) is 7.57. The Hall–Kier alpha value is -1.88. The first-order valence-electron chi connectivity index (χ1n) is 11.9. The summed E-state index contributed by atoms with van der Waals surface area (Å²) >= 11 is 0. The van der Waals surface area contributed by atoms with Crippen molar-refractivity contribution in [3.63, 3.8) is 0 Å². The van der Waals surface area contributed by atoms with E-state index in [1.807, 2.05) is 24.3 Å². The number of nitrogens with zero attached hydrogens (tertiary/aromatic N) is 1. The molecule has 1 saturated heterocycles. The van der Waals surface area contributed by atoms with Gasteiger partial charge in [-0.05, 0) is 55.2 Å². The fraction of sp³-hybridized carbons (Fsp3) is 0.680. The van der Waals surface area contributed by atoms with Gasteiger partial charge in [0.25, 0.3) is 0 Å². The highest BCUT2D eigenvalue weighted by Gasteiger charge is 2.38. The Labute approximate surface area is 180 Å². The fourth-order valence-electron chi connectivity index (χ4n) is 5.68. The topological polar surface area (TPSA) is 67.2 Å². The van der Waals surface area contributed by atoms with E-state index in [1.165, 1.54) is 19.3 Å². The van der Waals surface area contributed by atoms with Gasteiger partial charge in [-0.1, -0.05) is 58.6 Å². The first-order chi connectivity index (χ1) is 14.6. The molecule has 4 rings (SSSR count). The van der Waals surface area contributed by atoms with E-state index in [9.17, 15) is 4.79 Å². The van der Waals surface area contributed by atoms with Crippen molar-refractivity contribution >= 4 is 17.0 Å². The molecule has 0 bridgehead atoms. The third-order valence-electron chi connectivity index (χ3n) is 7.66. The van der Waals surface area contributed by atoms with Crippen LogP contribution in [0.1, 0.15) is 71.1 Å². The number of piperidine rings is 1. The van der Waals surface area contributed by atoms with Crippen LogP contribution in [-0.4, -0.2) is 30.0 Å². The van der Waals surface area contributed by atoms with Gasteiger partial charge >= 0.3 is 0 Å². The van der Waals surface area contributed by atoms with Crippen molar-refractivity contribution in [1.29, 1.82) is 0 Å². The van der Waals surface area contributed by atoms with Crippen molar-refractivity contribution in [2.75, 3.05) is 13.1 Å². The number of carbonyl (C=O) groups excluding carboxylic acids is 1. The summed E-state index contributed by atoms with van der Waals surface area (Å²) in [5.74, 6) is 3.54. The lowest BCUT2D eigenvalue weighted by Gasteiger charge is -2.36. The summed E-state index contributed by atoms with van der Waals surface area (Å²) in [4.78, 5) is 17.9. The minimum Gasteiger partial charge on any atom is -0.440 e. The average molecular weight is 412 g/mol. The molecule has 1 amide bonds. The Bertz CT molecular complexity index is 805. The quantitative estimate of drug-likeness (QED) is 0.711. The van der Waals surface area contributed by atoms with Crippen LogP contribution >= 0.6 is 0 Å². The van der Waals surface area contributed by atoms with Gasteiger partial charge in [0.2, 0.25) is 11.8 Å². The standard InChI is InChI=1S/C25H37N3O2/c1-4-18-14-20(25-28-21-10-5-6-11-22(21)30-25)23(27-15-18)24(29)26-13-12-19-16(2)8-7-9-17(19)3/h5-6,10-11,16-20,23,27H,4,7-9,12-15H2,1-3H3,(H,26,29)/t16-,17+,18?,19?,20?,23-/m0/s1. The molecule has 3 unspecified atom stereocenters. The number of hydrogen-bond donors (Lipinski definition) is 2. The summed E-state index contributed by atoms with van der Waals surface area (Å²) in [5.41, 5.74) is 1.66. The molecule has 2 aromatic rings. The highest BCUT2D eigenvalue weighted by Crippen LogP contribution is 2.36. The third kappa shape index (κ3) is 4.56. The number of para-hydroxylation sites is 2. The van der Waals surface area contributed by atoms with Crippen molar-refractivity contribution in [2.24, 2.45) is 23.7 Å². The number of rotatable bonds is 6. The SMILES string of the molecule is CCC1CN[C@H](C(=O)NCCC2[C@H](C)CCC[C@@H]2C)C(c2nc3ccccc3o2)C1. The van der Waals surface area contributed by atoms with Crippen molar-refractivity contribution in [3.8, 4) is 0 Å². The number of fused-ring (bicyclic) bond motifs is 1. The maximum atomic E-state index is 13.2. The minimum atomic E-state index is -0.276. The van der Waals surface area contributed by atoms with E-state index in [0.717, 1.165) is 61.2 Å². The Morgan fingerprint density at radius 3 is 2.73 bits per heavy atom. The summed E-state index contributed by atoms with van der Waals surface area (Å²) < 4.78 is 6.08. The number of carbonyl (C=O) groups is 1. The molecule has 6 atom stereocenters. The summed E-state index contributed by atoms with van der Waals surface area (Å²) in [5, 5.41) is 6.74. The molecular formula is C25H37N3O2. The predicted octanol–water partition coefficient (Wildman–Crippen LogP) is 4.88. The maximum Gasteiger partial charge on any atom is 0.237 e. The zero-order chi connectivity index (χ0) is 21.1. The van der Waals surface area contributed by atoms with E-state index in [2.05, 4.69) is 31.4 Å². The van der Waals surface area contributed by atoms with Crippen LogP contribution in [0.4, 0.5) is 0 Å². The lowest BCUT2D eigenvalue weighted by atomic mass is 9.72. The molecule has 1 aliphatic carbocycles. The van der Waals surface area contributed by atoms with Gasteiger partial charge in [-0.2, -0.15) is 0 Å². The molecule has 2 aliphatic rings. The molecule has 2 heterocycles. The monoisotopic (exact) mass is 411 g/mol. The van der Waals surface area contributed by atoms with Gasteiger partial charge in [0.15, 0.2) is 5.58 Å². The summed E-state index contributed by atoms with van der Waals surface area (Å²) in [6.45, 7) is 8.59. The molecular weight excluding hydrogens is 374 g/mol. The highest BCUT2D eigenvalue weighted by molar-refractivity contribution is 5.83. The fourth-order valence-corrected chi connectivity index (χ4v) is 5.68. The molecule has 1 aliphatic heterocycles. The van der Waals surface area contributed by atoms with Crippen molar-refractivity contribution in [3.05, 3.63) is 30.2 Å². The average Bonchev–Trinajstić information content (AvgIpc) is 3.19. The Kier molecular flexibility index (Phi) is 6.77. The Morgan fingerprint density at radius 1 is 1.23 bits per heavy atom.